The number of ether oxygens (including phenoxy) is 1. The summed E-state index contributed by atoms with van der Waals surface area (Å²) in [6.45, 7) is 5.25. The van der Waals surface area contributed by atoms with Gasteiger partial charge in [-0.3, -0.25) is 0 Å². The molecule has 20 heavy (non-hydrogen) atoms. The van der Waals surface area contributed by atoms with E-state index in [4.69, 9.17) is 4.74 Å². The zero-order valence-corrected chi connectivity index (χ0v) is 13.8. The molecule has 0 radical (unpaired) electrons. The first kappa shape index (κ1) is 16.0. The van der Waals surface area contributed by atoms with Gasteiger partial charge in [-0.2, -0.15) is 23.5 Å². The van der Waals surface area contributed by atoms with Crippen molar-refractivity contribution in [2.75, 3.05) is 25.2 Å². The molecule has 1 aromatic rings. The molecule has 0 spiro atoms. The van der Waals surface area contributed by atoms with Gasteiger partial charge in [0.15, 0.2) is 11.6 Å². The highest BCUT2D eigenvalue weighted by Crippen LogP contribution is 2.39. The van der Waals surface area contributed by atoms with E-state index in [-0.39, 0.29) is 11.9 Å². The Morgan fingerprint density at radius 2 is 2.15 bits per heavy atom. The van der Waals surface area contributed by atoms with E-state index < -0.39 is 0 Å². The van der Waals surface area contributed by atoms with Gasteiger partial charge in [-0.15, -0.1) is 0 Å². The fourth-order valence-electron chi connectivity index (χ4n) is 2.54. The lowest BCUT2D eigenvalue weighted by atomic mass is 10.0. The van der Waals surface area contributed by atoms with Crippen LogP contribution in [0.4, 0.5) is 4.39 Å². The molecule has 0 bridgehead atoms. The molecule has 1 saturated heterocycles. The number of rotatable bonds is 5. The first-order valence-electron chi connectivity index (χ1n) is 6.97. The summed E-state index contributed by atoms with van der Waals surface area (Å²) < 4.78 is 19.0. The summed E-state index contributed by atoms with van der Waals surface area (Å²) >= 11 is 4.00. The molecule has 3 atom stereocenters. The van der Waals surface area contributed by atoms with Gasteiger partial charge in [0.1, 0.15) is 0 Å². The van der Waals surface area contributed by atoms with Gasteiger partial charge in [-0.1, -0.05) is 19.9 Å². The van der Waals surface area contributed by atoms with E-state index in [1.807, 2.05) is 29.6 Å². The van der Waals surface area contributed by atoms with E-state index in [0.717, 1.165) is 12.1 Å². The van der Waals surface area contributed by atoms with Crippen LogP contribution in [0, 0.1) is 5.82 Å². The minimum atomic E-state index is -0.283. The zero-order chi connectivity index (χ0) is 14.5. The van der Waals surface area contributed by atoms with E-state index in [1.165, 1.54) is 18.6 Å². The summed E-state index contributed by atoms with van der Waals surface area (Å²) in [5.74, 6) is 2.40. The Balaban J connectivity index is 2.25. The van der Waals surface area contributed by atoms with Gasteiger partial charge in [0.25, 0.3) is 0 Å². The maximum absolute atomic E-state index is 14.0. The van der Waals surface area contributed by atoms with Crippen molar-refractivity contribution in [2.24, 2.45) is 0 Å². The summed E-state index contributed by atoms with van der Waals surface area (Å²) in [4.78, 5) is 0. The summed E-state index contributed by atoms with van der Waals surface area (Å²) in [6.07, 6.45) is 0. The van der Waals surface area contributed by atoms with Crippen molar-refractivity contribution in [3.05, 3.63) is 29.6 Å². The Hall–Kier alpha value is -0.390. The topological polar surface area (TPSA) is 21.3 Å². The predicted octanol–water partition coefficient (Wildman–Crippen LogP) is 3.72. The number of hydrogen-bond donors (Lipinski definition) is 1. The fourth-order valence-corrected chi connectivity index (χ4v) is 5.48. The van der Waals surface area contributed by atoms with Crippen molar-refractivity contribution >= 4 is 23.5 Å². The monoisotopic (exact) mass is 315 g/mol. The first-order chi connectivity index (χ1) is 9.67. The minimum absolute atomic E-state index is 0.188. The largest absolute Gasteiger partial charge is 0.494 e. The zero-order valence-electron chi connectivity index (χ0n) is 12.2. The summed E-state index contributed by atoms with van der Waals surface area (Å²) in [5.41, 5.74) is 1.01. The average molecular weight is 315 g/mol. The Bertz CT molecular complexity index is 444. The predicted molar refractivity (Wildman–Crippen MR) is 87.5 cm³/mol. The molecule has 0 aliphatic carbocycles. The molecule has 1 fully saturated rings. The molecule has 1 aromatic carbocycles. The van der Waals surface area contributed by atoms with Gasteiger partial charge in [0, 0.05) is 28.0 Å². The summed E-state index contributed by atoms with van der Waals surface area (Å²) in [5, 5.41) is 4.57. The summed E-state index contributed by atoms with van der Waals surface area (Å²) in [6, 6.07) is 5.49. The maximum atomic E-state index is 14.0. The maximum Gasteiger partial charge on any atom is 0.165 e. The molecular formula is C15H22FNOS2. The quantitative estimate of drug-likeness (QED) is 0.893. The number of hydrogen-bond acceptors (Lipinski definition) is 4. The molecule has 0 aromatic heterocycles. The molecule has 2 nitrogen and oxygen atoms in total. The second-order valence-corrected chi connectivity index (χ2v) is 7.61. The standard InChI is InChI=1S/C15H22FNOS2/c1-4-17-14(15-10(2)19-7-8-20-15)11-5-6-13(18-3)12(16)9-11/h5-6,9-10,14-15,17H,4,7-8H2,1-3H3. The third-order valence-electron chi connectivity index (χ3n) is 3.52. The molecule has 3 unspecified atom stereocenters. The fraction of sp³-hybridized carbons (Fsp3) is 0.600. The molecular weight excluding hydrogens is 293 g/mol. The molecule has 112 valence electrons. The molecule has 2 rings (SSSR count). The van der Waals surface area contributed by atoms with Crippen LogP contribution in [0.1, 0.15) is 25.5 Å². The van der Waals surface area contributed by atoms with Crippen molar-refractivity contribution in [3.63, 3.8) is 0 Å². The van der Waals surface area contributed by atoms with Crippen LogP contribution in [0.15, 0.2) is 18.2 Å². The van der Waals surface area contributed by atoms with Crippen LogP contribution in [-0.2, 0) is 0 Å². The highest BCUT2D eigenvalue weighted by atomic mass is 32.2. The van der Waals surface area contributed by atoms with Crippen molar-refractivity contribution in [3.8, 4) is 5.75 Å². The van der Waals surface area contributed by atoms with Gasteiger partial charge < -0.3 is 10.1 Å². The lowest BCUT2D eigenvalue weighted by Crippen LogP contribution is -2.37. The van der Waals surface area contributed by atoms with Crippen LogP contribution in [0.2, 0.25) is 0 Å². The highest BCUT2D eigenvalue weighted by Gasteiger charge is 2.31. The van der Waals surface area contributed by atoms with E-state index in [1.54, 1.807) is 12.1 Å². The Morgan fingerprint density at radius 1 is 1.40 bits per heavy atom. The van der Waals surface area contributed by atoms with Gasteiger partial charge >= 0.3 is 0 Å². The first-order valence-corrected chi connectivity index (χ1v) is 9.07. The Morgan fingerprint density at radius 3 is 2.75 bits per heavy atom. The average Bonchev–Trinajstić information content (AvgIpc) is 2.46. The minimum Gasteiger partial charge on any atom is -0.494 e. The molecule has 1 aliphatic rings. The molecule has 0 saturated carbocycles. The molecule has 0 amide bonds. The molecule has 5 heteroatoms. The van der Waals surface area contributed by atoms with Crippen LogP contribution < -0.4 is 10.1 Å². The van der Waals surface area contributed by atoms with Crippen LogP contribution in [0.3, 0.4) is 0 Å². The van der Waals surface area contributed by atoms with Gasteiger partial charge in [-0.25, -0.2) is 4.39 Å². The Kier molecular flexibility index (Phi) is 6.05. The number of nitrogens with one attached hydrogen (secondary N) is 1. The normalized spacial score (nSPS) is 24.4. The van der Waals surface area contributed by atoms with Crippen molar-refractivity contribution in [1.82, 2.24) is 5.32 Å². The highest BCUT2D eigenvalue weighted by molar-refractivity contribution is 8.07. The summed E-state index contributed by atoms with van der Waals surface area (Å²) in [7, 11) is 1.50. The smallest absolute Gasteiger partial charge is 0.165 e. The Labute approximate surface area is 129 Å². The van der Waals surface area contributed by atoms with Crippen LogP contribution >= 0.6 is 23.5 Å². The third kappa shape index (κ3) is 3.62. The second kappa shape index (κ2) is 7.57. The van der Waals surface area contributed by atoms with Crippen molar-refractivity contribution in [1.29, 1.82) is 0 Å². The van der Waals surface area contributed by atoms with Crippen LogP contribution in [0.5, 0.6) is 5.75 Å². The van der Waals surface area contributed by atoms with E-state index in [2.05, 4.69) is 19.2 Å². The van der Waals surface area contributed by atoms with E-state index >= 15 is 0 Å². The van der Waals surface area contributed by atoms with Crippen LogP contribution in [0.25, 0.3) is 0 Å². The second-order valence-electron chi connectivity index (χ2n) is 4.84. The third-order valence-corrected chi connectivity index (χ3v) is 6.72. The number of methoxy groups -OCH3 is 1. The van der Waals surface area contributed by atoms with Gasteiger partial charge in [-0.05, 0) is 24.2 Å². The number of thioether (sulfide) groups is 2. The number of halogens is 1. The SMILES string of the molecule is CCNC(c1ccc(OC)c(F)c1)C1SCCSC1C. The lowest BCUT2D eigenvalue weighted by Gasteiger charge is -2.35. The van der Waals surface area contributed by atoms with Gasteiger partial charge in [0.05, 0.1) is 7.11 Å². The molecule has 1 aliphatic heterocycles. The van der Waals surface area contributed by atoms with E-state index in [9.17, 15) is 4.39 Å². The van der Waals surface area contributed by atoms with E-state index in [0.29, 0.717) is 16.2 Å². The molecule has 1 heterocycles. The van der Waals surface area contributed by atoms with Crippen LogP contribution in [-0.4, -0.2) is 35.7 Å². The number of benzene rings is 1. The van der Waals surface area contributed by atoms with Crippen molar-refractivity contribution < 1.29 is 9.13 Å². The van der Waals surface area contributed by atoms with Crippen molar-refractivity contribution in [2.45, 2.75) is 30.4 Å². The van der Waals surface area contributed by atoms with Gasteiger partial charge in [0.2, 0.25) is 0 Å². The lowest BCUT2D eigenvalue weighted by molar-refractivity contribution is 0.385. The molecule has 1 N–H and O–H groups in total.